The minimum Gasteiger partial charge on any atom is -0.439 e. The highest BCUT2D eigenvalue weighted by molar-refractivity contribution is 6.31. The van der Waals surface area contributed by atoms with E-state index in [1.807, 2.05) is 36.4 Å². The van der Waals surface area contributed by atoms with Gasteiger partial charge in [0.2, 0.25) is 5.88 Å². The Hall–Kier alpha value is -1.58. The van der Waals surface area contributed by atoms with Crippen LogP contribution < -0.4 is 10.1 Å². The Morgan fingerprint density at radius 1 is 1.20 bits per heavy atom. The number of nitrogens with zero attached hydrogens (tertiary/aromatic N) is 1. The molecule has 1 heterocycles. The molecule has 2 rings (SSSR count). The van der Waals surface area contributed by atoms with Gasteiger partial charge in [0.1, 0.15) is 5.75 Å². The first kappa shape index (κ1) is 14.8. The van der Waals surface area contributed by atoms with Crippen molar-refractivity contribution in [1.82, 2.24) is 10.3 Å². The normalized spacial score (nSPS) is 10.6. The fourth-order valence-electron chi connectivity index (χ4n) is 1.87. The Kier molecular flexibility index (Phi) is 5.39. The molecule has 1 aromatic heterocycles. The molecule has 4 heteroatoms. The van der Waals surface area contributed by atoms with Crippen LogP contribution in [0.4, 0.5) is 0 Å². The van der Waals surface area contributed by atoms with Crippen molar-refractivity contribution >= 4 is 11.6 Å². The first-order chi connectivity index (χ1) is 9.72. The third-order valence-corrected chi connectivity index (χ3v) is 3.33. The lowest BCUT2D eigenvalue weighted by molar-refractivity contribution is 0.459. The van der Waals surface area contributed by atoms with Gasteiger partial charge in [-0.3, -0.25) is 0 Å². The molecule has 0 spiro atoms. The Morgan fingerprint density at radius 2 is 2.05 bits per heavy atom. The molecular weight excluding hydrogens is 272 g/mol. The lowest BCUT2D eigenvalue weighted by Gasteiger charge is -2.09. The number of hydrogen-bond acceptors (Lipinski definition) is 3. The summed E-state index contributed by atoms with van der Waals surface area (Å²) < 4.78 is 5.80. The summed E-state index contributed by atoms with van der Waals surface area (Å²) in [4.78, 5) is 4.47. The van der Waals surface area contributed by atoms with Crippen molar-refractivity contribution < 1.29 is 4.74 Å². The third kappa shape index (κ3) is 3.95. The minimum absolute atomic E-state index is 0.602. The van der Waals surface area contributed by atoms with Crippen molar-refractivity contribution in [2.24, 2.45) is 0 Å². The van der Waals surface area contributed by atoms with Gasteiger partial charge in [-0.2, -0.15) is 0 Å². The Bertz CT molecular complexity index is 572. The SMILES string of the molecule is CCNCc1cccc(Oc2ccc(Cl)c(CC)c2)n1. The van der Waals surface area contributed by atoms with Crippen LogP contribution in [0.25, 0.3) is 0 Å². The first-order valence-electron chi connectivity index (χ1n) is 6.85. The van der Waals surface area contributed by atoms with Gasteiger partial charge in [-0.15, -0.1) is 0 Å². The van der Waals surface area contributed by atoms with Gasteiger partial charge in [0.15, 0.2) is 0 Å². The second-order valence-corrected chi connectivity index (χ2v) is 4.86. The number of nitrogens with one attached hydrogen (secondary N) is 1. The molecule has 3 nitrogen and oxygen atoms in total. The molecule has 0 saturated carbocycles. The molecule has 0 saturated heterocycles. The summed E-state index contributed by atoms with van der Waals surface area (Å²) >= 11 is 6.10. The van der Waals surface area contributed by atoms with E-state index in [-0.39, 0.29) is 0 Å². The predicted octanol–water partition coefficient (Wildman–Crippen LogP) is 4.20. The van der Waals surface area contributed by atoms with Gasteiger partial charge in [-0.1, -0.05) is 31.5 Å². The van der Waals surface area contributed by atoms with Crippen LogP contribution in [0.5, 0.6) is 11.6 Å². The van der Waals surface area contributed by atoms with Crippen LogP contribution in [0, 0.1) is 0 Å². The van der Waals surface area contributed by atoms with E-state index in [9.17, 15) is 0 Å². The van der Waals surface area contributed by atoms with Crippen molar-refractivity contribution in [2.45, 2.75) is 26.8 Å². The summed E-state index contributed by atoms with van der Waals surface area (Å²) in [5.74, 6) is 1.36. The summed E-state index contributed by atoms with van der Waals surface area (Å²) in [6.07, 6.45) is 0.879. The minimum atomic E-state index is 0.602. The van der Waals surface area contributed by atoms with Crippen molar-refractivity contribution in [3.05, 3.63) is 52.7 Å². The standard InChI is InChI=1S/C16H19ClN2O/c1-3-12-10-14(8-9-15(12)17)20-16-7-5-6-13(19-16)11-18-4-2/h5-10,18H,3-4,11H2,1-2H3. The Morgan fingerprint density at radius 3 is 2.80 bits per heavy atom. The second kappa shape index (κ2) is 7.27. The van der Waals surface area contributed by atoms with Crippen LogP contribution in [0.1, 0.15) is 25.1 Å². The average molecular weight is 291 g/mol. The number of hydrogen-bond donors (Lipinski definition) is 1. The summed E-state index contributed by atoms with van der Waals surface area (Å²) in [5.41, 5.74) is 2.04. The topological polar surface area (TPSA) is 34.1 Å². The largest absolute Gasteiger partial charge is 0.439 e. The second-order valence-electron chi connectivity index (χ2n) is 4.46. The molecule has 0 aliphatic carbocycles. The van der Waals surface area contributed by atoms with Crippen molar-refractivity contribution in [2.75, 3.05) is 6.54 Å². The molecule has 1 N–H and O–H groups in total. The smallest absolute Gasteiger partial charge is 0.219 e. The summed E-state index contributed by atoms with van der Waals surface area (Å²) in [6, 6.07) is 11.5. The molecule has 0 aliphatic heterocycles. The number of ether oxygens (including phenoxy) is 1. The van der Waals surface area contributed by atoms with E-state index in [0.717, 1.165) is 41.5 Å². The highest BCUT2D eigenvalue weighted by Crippen LogP contribution is 2.25. The van der Waals surface area contributed by atoms with E-state index >= 15 is 0 Å². The zero-order valence-corrected chi connectivity index (χ0v) is 12.6. The number of rotatable bonds is 6. The molecule has 2 aromatic rings. The van der Waals surface area contributed by atoms with Gasteiger partial charge < -0.3 is 10.1 Å². The van der Waals surface area contributed by atoms with Gasteiger partial charge in [0.05, 0.1) is 5.69 Å². The fraction of sp³-hybridized carbons (Fsp3) is 0.312. The van der Waals surface area contributed by atoms with Crippen LogP contribution >= 0.6 is 11.6 Å². The lowest BCUT2D eigenvalue weighted by atomic mass is 10.1. The van der Waals surface area contributed by atoms with Crippen LogP contribution in [0.15, 0.2) is 36.4 Å². The number of pyridine rings is 1. The highest BCUT2D eigenvalue weighted by atomic mass is 35.5. The van der Waals surface area contributed by atoms with Gasteiger partial charge >= 0.3 is 0 Å². The maximum Gasteiger partial charge on any atom is 0.219 e. The number of aryl methyl sites for hydroxylation is 1. The van der Waals surface area contributed by atoms with Crippen molar-refractivity contribution in [3.63, 3.8) is 0 Å². The fourth-order valence-corrected chi connectivity index (χ4v) is 2.12. The van der Waals surface area contributed by atoms with Gasteiger partial charge in [0.25, 0.3) is 0 Å². The molecule has 1 aromatic carbocycles. The van der Waals surface area contributed by atoms with Crippen LogP contribution in [0.2, 0.25) is 5.02 Å². The van der Waals surface area contributed by atoms with E-state index in [0.29, 0.717) is 5.88 Å². The molecular formula is C16H19ClN2O. The predicted molar refractivity (Wildman–Crippen MR) is 82.5 cm³/mol. The van der Waals surface area contributed by atoms with Gasteiger partial charge in [0, 0.05) is 17.6 Å². The molecule has 0 amide bonds. The zero-order chi connectivity index (χ0) is 14.4. The van der Waals surface area contributed by atoms with E-state index in [1.165, 1.54) is 0 Å². The zero-order valence-electron chi connectivity index (χ0n) is 11.8. The lowest BCUT2D eigenvalue weighted by Crippen LogP contribution is -2.12. The maximum absolute atomic E-state index is 6.10. The molecule has 0 atom stereocenters. The van der Waals surface area contributed by atoms with E-state index in [1.54, 1.807) is 0 Å². The molecule has 106 valence electrons. The molecule has 0 fully saturated rings. The van der Waals surface area contributed by atoms with E-state index in [4.69, 9.17) is 16.3 Å². The van der Waals surface area contributed by atoms with Gasteiger partial charge in [-0.05, 0) is 42.8 Å². The molecule has 0 aliphatic rings. The van der Waals surface area contributed by atoms with Crippen molar-refractivity contribution in [3.8, 4) is 11.6 Å². The van der Waals surface area contributed by atoms with Crippen LogP contribution in [-0.2, 0) is 13.0 Å². The molecule has 0 radical (unpaired) electrons. The number of halogens is 1. The van der Waals surface area contributed by atoms with Gasteiger partial charge in [-0.25, -0.2) is 4.98 Å². The number of benzene rings is 1. The average Bonchev–Trinajstić information content (AvgIpc) is 2.47. The summed E-state index contributed by atoms with van der Waals surface area (Å²) in [7, 11) is 0. The highest BCUT2D eigenvalue weighted by Gasteiger charge is 2.04. The summed E-state index contributed by atoms with van der Waals surface area (Å²) in [6.45, 7) is 5.80. The van der Waals surface area contributed by atoms with Crippen molar-refractivity contribution in [1.29, 1.82) is 0 Å². The molecule has 0 unspecified atom stereocenters. The monoisotopic (exact) mass is 290 g/mol. The molecule has 20 heavy (non-hydrogen) atoms. The Balaban J connectivity index is 2.13. The van der Waals surface area contributed by atoms with E-state index < -0.39 is 0 Å². The molecule has 0 bridgehead atoms. The Labute approximate surface area is 124 Å². The quantitative estimate of drug-likeness (QED) is 0.866. The maximum atomic E-state index is 6.10. The van der Waals surface area contributed by atoms with Crippen LogP contribution in [-0.4, -0.2) is 11.5 Å². The van der Waals surface area contributed by atoms with Crippen LogP contribution in [0.3, 0.4) is 0 Å². The first-order valence-corrected chi connectivity index (χ1v) is 7.23. The number of aromatic nitrogens is 1. The van der Waals surface area contributed by atoms with E-state index in [2.05, 4.69) is 24.1 Å². The summed E-state index contributed by atoms with van der Waals surface area (Å²) in [5, 5.41) is 4.02. The third-order valence-electron chi connectivity index (χ3n) is 2.96.